The van der Waals surface area contributed by atoms with Gasteiger partial charge in [0, 0.05) is 31.9 Å². The number of nitrogens with one attached hydrogen (secondary N) is 1. The van der Waals surface area contributed by atoms with Gasteiger partial charge in [0.25, 0.3) is 16.0 Å². The number of aromatic nitrogens is 2. The van der Waals surface area contributed by atoms with E-state index in [0.29, 0.717) is 29.9 Å². The fourth-order valence-corrected chi connectivity index (χ4v) is 3.13. The minimum absolute atomic E-state index is 0.00619. The zero-order chi connectivity index (χ0) is 30.1. The number of nitrogens with zero attached hydrogens (tertiary/aromatic N) is 2. The number of phenols is 1. The molecule has 0 fully saturated rings. The van der Waals surface area contributed by atoms with Crippen LogP contribution in [0.15, 0.2) is 48.7 Å². The number of benzene rings is 2. The van der Waals surface area contributed by atoms with E-state index in [-0.39, 0.29) is 36.9 Å². The molecule has 16 heteroatoms. The first kappa shape index (κ1) is 32.4. The maximum atomic E-state index is 12.8. The van der Waals surface area contributed by atoms with Gasteiger partial charge in [-0.25, -0.2) is 4.98 Å². The maximum Gasteiger partial charge on any atom is 0.434 e. The normalized spacial score (nSPS) is 12.3. The molecule has 1 atom stereocenters. The van der Waals surface area contributed by atoms with Crippen molar-refractivity contribution >= 4 is 16.0 Å². The second-order valence-corrected chi connectivity index (χ2v) is 9.84. The van der Waals surface area contributed by atoms with Gasteiger partial charge in [0.05, 0.1) is 11.8 Å². The standard InChI is InChI=1S/C23H25F3N4O5.CH4O3S/c1-30-12-20(23(24,25)26)29-22(30)14-2-4-16(5-3-14)35-13-15(31)11-28-8-9-34-17-6-7-19(32)18(10-17)21(27)33;1-5(2,3)4/h2-7,10,12,15,28,31-32H,8-9,11,13H2,1H3,(H2,27,33);1H3,(H,2,3,4)/t15-;/m0./s1. The van der Waals surface area contributed by atoms with Crippen LogP contribution in [-0.4, -0.2) is 77.3 Å². The van der Waals surface area contributed by atoms with Crippen molar-refractivity contribution in [3.05, 3.63) is 59.9 Å². The van der Waals surface area contributed by atoms with E-state index in [9.17, 15) is 36.6 Å². The van der Waals surface area contributed by atoms with Crippen molar-refractivity contribution in [1.29, 1.82) is 0 Å². The average molecular weight is 591 g/mol. The lowest BCUT2D eigenvalue weighted by atomic mass is 10.2. The molecule has 0 aliphatic heterocycles. The van der Waals surface area contributed by atoms with Crippen molar-refractivity contribution in [2.45, 2.75) is 12.3 Å². The van der Waals surface area contributed by atoms with Crippen LogP contribution in [0.3, 0.4) is 0 Å². The number of nitrogens with two attached hydrogens (primary N) is 1. The summed E-state index contributed by atoms with van der Waals surface area (Å²) in [4.78, 5) is 14.9. The lowest BCUT2D eigenvalue weighted by Crippen LogP contribution is -2.33. The van der Waals surface area contributed by atoms with Gasteiger partial charge in [-0.3, -0.25) is 9.35 Å². The Hall–Kier alpha value is -3.86. The molecule has 0 spiro atoms. The molecule has 0 radical (unpaired) electrons. The van der Waals surface area contributed by atoms with Crippen molar-refractivity contribution in [3.8, 4) is 28.6 Å². The Morgan fingerprint density at radius 3 is 2.30 bits per heavy atom. The predicted octanol–water partition coefficient (Wildman–Crippen LogP) is 1.82. The van der Waals surface area contributed by atoms with Crippen LogP contribution >= 0.6 is 0 Å². The van der Waals surface area contributed by atoms with Gasteiger partial charge in [0.1, 0.15) is 42.4 Å². The van der Waals surface area contributed by atoms with E-state index in [1.54, 1.807) is 24.3 Å². The van der Waals surface area contributed by atoms with Crippen molar-refractivity contribution in [1.82, 2.24) is 14.9 Å². The summed E-state index contributed by atoms with van der Waals surface area (Å²) in [6, 6.07) is 10.5. The zero-order valence-corrected chi connectivity index (χ0v) is 22.2. The topological polar surface area (TPSA) is 186 Å². The van der Waals surface area contributed by atoms with Crippen LogP contribution in [0.5, 0.6) is 17.2 Å². The lowest BCUT2D eigenvalue weighted by Gasteiger charge is -2.14. The minimum atomic E-state index is -4.52. The number of ether oxygens (including phenoxy) is 2. The Labute approximate surface area is 227 Å². The maximum absolute atomic E-state index is 12.8. The third-order valence-electron chi connectivity index (χ3n) is 4.88. The number of aromatic hydroxyl groups is 1. The van der Waals surface area contributed by atoms with Gasteiger partial charge in [0.15, 0.2) is 5.69 Å². The average Bonchev–Trinajstić information content (AvgIpc) is 3.25. The van der Waals surface area contributed by atoms with E-state index in [0.717, 1.165) is 6.20 Å². The molecule has 1 amide bonds. The molecule has 0 bridgehead atoms. The second-order valence-electron chi connectivity index (χ2n) is 8.38. The van der Waals surface area contributed by atoms with Gasteiger partial charge in [0.2, 0.25) is 0 Å². The van der Waals surface area contributed by atoms with E-state index in [1.807, 2.05) is 0 Å². The molecular weight excluding hydrogens is 561 g/mol. The third kappa shape index (κ3) is 11.1. The largest absolute Gasteiger partial charge is 0.507 e. The molecule has 1 aromatic heterocycles. The molecule has 3 rings (SSSR count). The van der Waals surface area contributed by atoms with Gasteiger partial charge in [-0.1, -0.05) is 0 Å². The number of rotatable bonds is 11. The molecule has 3 aromatic rings. The van der Waals surface area contributed by atoms with E-state index in [2.05, 4.69) is 10.3 Å². The fourth-order valence-electron chi connectivity index (χ4n) is 3.13. The summed E-state index contributed by atoms with van der Waals surface area (Å²) < 4.78 is 76.7. The molecule has 6 N–H and O–H groups in total. The highest BCUT2D eigenvalue weighted by Gasteiger charge is 2.34. The number of aliphatic hydroxyl groups is 1. The van der Waals surface area contributed by atoms with E-state index in [1.165, 1.54) is 29.8 Å². The Balaban J connectivity index is 0.00000103. The summed E-state index contributed by atoms with van der Waals surface area (Å²) in [6.45, 7) is 0.841. The van der Waals surface area contributed by atoms with Crippen LogP contribution in [0.2, 0.25) is 0 Å². The van der Waals surface area contributed by atoms with Crippen molar-refractivity contribution in [2.75, 3.05) is 32.6 Å². The summed E-state index contributed by atoms with van der Waals surface area (Å²) >= 11 is 0. The quantitative estimate of drug-likeness (QED) is 0.163. The molecule has 0 aliphatic rings. The van der Waals surface area contributed by atoms with Gasteiger partial charge < -0.3 is 35.3 Å². The molecule has 1 heterocycles. The van der Waals surface area contributed by atoms with Gasteiger partial charge >= 0.3 is 6.18 Å². The summed E-state index contributed by atoms with van der Waals surface area (Å²) in [5.74, 6) is -0.0117. The fraction of sp³-hybridized carbons (Fsp3) is 0.333. The van der Waals surface area contributed by atoms with E-state index >= 15 is 0 Å². The SMILES string of the molecule is CS(=O)(=O)O.Cn1cc(C(F)(F)F)nc1-c1ccc(OC[C@@H](O)CNCCOc2ccc(O)c(C(N)=O)c2)cc1. The number of hydrogen-bond acceptors (Lipinski definition) is 9. The molecule has 2 aromatic carbocycles. The summed E-state index contributed by atoms with van der Waals surface area (Å²) in [5, 5.41) is 22.6. The zero-order valence-electron chi connectivity index (χ0n) is 21.4. The smallest absolute Gasteiger partial charge is 0.434 e. The Kier molecular flexibility index (Phi) is 11.3. The van der Waals surface area contributed by atoms with Crippen LogP contribution < -0.4 is 20.5 Å². The Morgan fingerprint density at radius 1 is 1.15 bits per heavy atom. The third-order valence-corrected chi connectivity index (χ3v) is 4.88. The van der Waals surface area contributed by atoms with Crippen LogP contribution in [0.25, 0.3) is 11.4 Å². The van der Waals surface area contributed by atoms with Gasteiger partial charge in [-0.05, 0) is 42.5 Å². The number of halogens is 3. The molecule has 0 saturated heterocycles. The molecule has 220 valence electrons. The number of carbonyl (C=O) groups is 1. The number of carbonyl (C=O) groups excluding carboxylic acids is 1. The first-order valence-electron chi connectivity index (χ1n) is 11.4. The highest BCUT2D eigenvalue weighted by molar-refractivity contribution is 7.85. The predicted molar refractivity (Wildman–Crippen MR) is 138 cm³/mol. The van der Waals surface area contributed by atoms with Crippen LogP contribution in [0.4, 0.5) is 13.2 Å². The number of hydrogen-bond donors (Lipinski definition) is 5. The van der Waals surface area contributed by atoms with Crippen molar-refractivity contribution in [2.24, 2.45) is 12.8 Å². The van der Waals surface area contributed by atoms with Crippen LogP contribution in [-0.2, 0) is 23.3 Å². The highest BCUT2D eigenvalue weighted by atomic mass is 32.2. The number of aliphatic hydroxyl groups excluding tert-OH is 1. The van der Waals surface area contributed by atoms with Gasteiger partial charge in [-0.15, -0.1) is 0 Å². The first-order chi connectivity index (χ1) is 18.5. The molecular formula is C24H29F3N4O8S. The van der Waals surface area contributed by atoms with Crippen molar-refractivity contribution in [3.63, 3.8) is 0 Å². The number of amides is 1. The number of imidazole rings is 1. The number of aryl methyl sites for hydroxylation is 1. The number of alkyl halides is 3. The van der Waals surface area contributed by atoms with E-state index in [4.69, 9.17) is 19.8 Å². The highest BCUT2D eigenvalue weighted by Crippen LogP contribution is 2.31. The van der Waals surface area contributed by atoms with Crippen LogP contribution in [0.1, 0.15) is 16.1 Å². The van der Waals surface area contributed by atoms with Gasteiger partial charge in [-0.2, -0.15) is 21.6 Å². The monoisotopic (exact) mass is 590 g/mol. The number of primary amides is 1. The van der Waals surface area contributed by atoms with Crippen LogP contribution in [0, 0.1) is 0 Å². The summed E-state index contributed by atoms with van der Waals surface area (Å²) in [6.07, 6.45) is -3.70. The second kappa shape index (κ2) is 14.0. The molecule has 0 unspecified atom stereocenters. The molecule has 40 heavy (non-hydrogen) atoms. The Bertz CT molecular complexity index is 1370. The lowest BCUT2D eigenvalue weighted by molar-refractivity contribution is -0.140. The molecule has 0 aliphatic carbocycles. The minimum Gasteiger partial charge on any atom is -0.507 e. The van der Waals surface area contributed by atoms with E-state index < -0.39 is 34.0 Å². The summed E-state index contributed by atoms with van der Waals surface area (Å²) in [5.41, 5.74) is 4.66. The summed E-state index contributed by atoms with van der Waals surface area (Å²) in [7, 11) is -2.18. The molecule has 12 nitrogen and oxygen atoms in total. The van der Waals surface area contributed by atoms with Crippen molar-refractivity contribution < 1.29 is 50.6 Å². The first-order valence-corrected chi connectivity index (χ1v) is 13.3. The Morgan fingerprint density at radius 2 is 1.75 bits per heavy atom. The molecule has 0 saturated carbocycles.